The number of likely N-dealkylation sites (tertiary alicyclic amines) is 2. The summed E-state index contributed by atoms with van der Waals surface area (Å²) < 4.78 is 0. The van der Waals surface area contributed by atoms with Gasteiger partial charge in [-0.25, -0.2) is 0 Å². The Kier molecular flexibility index (Phi) is 2.74. The Morgan fingerprint density at radius 3 is 2.64 bits per heavy atom. The second kappa shape index (κ2) is 3.87. The molecule has 0 aromatic carbocycles. The third-order valence-corrected chi connectivity index (χ3v) is 3.40. The summed E-state index contributed by atoms with van der Waals surface area (Å²) in [5.41, 5.74) is 0. The number of aliphatic hydroxyl groups excluding tert-OH is 1. The van der Waals surface area contributed by atoms with Gasteiger partial charge < -0.3 is 10.0 Å². The van der Waals surface area contributed by atoms with E-state index in [0.717, 1.165) is 32.6 Å². The van der Waals surface area contributed by atoms with Crippen LogP contribution in [0.25, 0.3) is 0 Å². The van der Waals surface area contributed by atoms with Crippen molar-refractivity contribution in [2.24, 2.45) is 5.92 Å². The zero-order valence-electron chi connectivity index (χ0n) is 8.65. The minimum absolute atomic E-state index is 0.180. The van der Waals surface area contributed by atoms with Crippen LogP contribution in [0.15, 0.2) is 0 Å². The lowest BCUT2D eigenvalue weighted by Gasteiger charge is -2.43. The molecule has 2 aliphatic heterocycles. The van der Waals surface area contributed by atoms with E-state index in [1.54, 1.807) is 6.92 Å². The maximum Gasteiger partial charge on any atom is 0.219 e. The fraction of sp³-hybridized carbons (Fsp3) is 0.900. The predicted molar refractivity (Wildman–Crippen MR) is 52.8 cm³/mol. The Bertz CT molecular complexity index is 226. The lowest BCUT2D eigenvalue weighted by Crippen LogP contribution is -2.60. The van der Waals surface area contributed by atoms with Crippen LogP contribution in [0.3, 0.4) is 0 Å². The normalized spacial score (nSPS) is 29.3. The highest BCUT2D eigenvalue weighted by molar-refractivity contribution is 5.74. The molecule has 1 atom stereocenters. The third kappa shape index (κ3) is 1.77. The highest BCUT2D eigenvalue weighted by atomic mass is 16.3. The van der Waals surface area contributed by atoms with Gasteiger partial charge in [-0.1, -0.05) is 0 Å². The minimum atomic E-state index is 0.180. The summed E-state index contributed by atoms with van der Waals surface area (Å²) in [4.78, 5) is 15.2. The van der Waals surface area contributed by atoms with E-state index in [9.17, 15) is 4.79 Å². The highest BCUT2D eigenvalue weighted by Crippen LogP contribution is 2.23. The van der Waals surface area contributed by atoms with Crippen molar-refractivity contribution in [1.82, 2.24) is 9.80 Å². The summed E-state index contributed by atoms with van der Waals surface area (Å²) in [7, 11) is 0. The zero-order chi connectivity index (χ0) is 10.1. The molecule has 1 N–H and O–H groups in total. The standard InChI is InChI=1S/C10H18N2O2/c1-8(14)12-5-10(6-12)11-3-2-9(4-11)7-13/h9-10,13H,2-7H2,1H3. The molecule has 0 aromatic heterocycles. The van der Waals surface area contributed by atoms with Gasteiger partial charge in [0.05, 0.1) is 0 Å². The molecule has 0 bridgehead atoms. The molecule has 2 fully saturated rings. The van der Waals surface area contributed by atoms with Crippen LogP contribution in [0, 0.1) is 5.92 Å². The number of hydrogen-bond acceptors (Lipinski definition) is 3. The van der Waals surface area contributed by atoms with Crippen LogP contribution in [0.1, 0.15) is 13.3 Å². The zero-order valence-corrected chi connectivity index (χ0v) is 8.65. The van der Waals surface area contributed by atoms with Crippen LogP contribution >= 0.6 is 0 Å². The molecule has 2 saturated heterocycles. The van der Waals surface area contributed by atoms with Gasteiger partial charge in [0.2, 0.25) is 5.91 Å². The molecule has 2 rings (SSSR count). The SMILES string of the molecule is CC(=O)N1CC(N2CCC(CO)C2)C1. The molecule has 0 radical (unpaired) electrons. The molecule has 2 aliphatic rings. The number of rotatable bonds is 2. The monoisotopic (exact) mass is 198 g/mol. The average Bonchev–Trinajstić information content (AvgIpc) is 2.49. The second-order valence-corrected chi connectivity index (χ2v) is 4.41. The Labute approximate surface area is 84.5 Å². The molecule has 4 nitrogen and oxygen atoms in total. The number of carbonyl (C=O) groups is 1. The van der Waals surface area contributed by atoms with E-state index in [1.807, 2.05) is 4.90 Å². The first-order valence-corrected chi connectivity index (χ1v) is 5.31. The number of hydrogen-bond donors (Lipinski definition) is 1. The smallest absolute Gasteiger partial charge is 0.219 e. The van der Waals surface area contributed by atoms with Crippen LogP contribution in [0.5, 0.6) is 0 Å². The second-order valence-electron chi connectivity index (χ2n) is 4.41. The van der Waals surface area contributed by atoms with Gasteiger partial charge in [-0.3, -0.25) is 9.69 Å². The average molecular weight is 198 g/mol. The van der Waals surface area contributed by atoms with Crippen LogP contribution < -0.4 is 0 Å². The Balaban J connectivity index is 1.75. The van der Waals surface area contributed by atoms with E-state index >= 15 is 0 Å². The maximum atomic E-state index is 11.0. The van der Waals surface area contributed by atoms with E-state index in [2.05, 4.69) is 4.90 Å². The van der Waals surface area contributed by atoms with Gasteiger partial charge in [-0.2, -0.15) is 0 Å². The Morgan fingerprint density at radius 1 is 1.43 bits per heavy atom. The number of aliphatic hydroxyl groups is 1. The number of carbonyl (C=O) groups excluding carboxylic acids is 1. The van der Waals surface area contributed by atoms with Crippen LogP contribution in [-0.2, 0) is 4.79 Å². The summed E-state index contributed by atoms with van der Waals surface area (Å²) in [6.45, 7) is 5.78. The molecule has 14 heavy (non-hydrogen) atoms. The van der Waals surface area contributed by atoms with Crippen molar-refractivity contribution in [1.29, 1.82) is 0 Å². The van der Waals surface area contributed by atoms with Gasteiger partial charge in [0.15, 0.2) is 0 Å². The van der Waals surface area contributed by atoms with Crippen LogP contribution in [-0.4, -0.2) is 59.6 Å². The van der Waals surface area contributed by atoms with Gasteiger partial charge in [-0.15, -0.1) is 0 Å². The lowest BCUT2D eigenvalue weighted by molar-refractivity contribution is -0.135. The van der Waals surface area contributed by atoms with Crippen molar-refractivity contribution in [3.8, 4) is 0 Å². The molecule has 80 valence electrons. The largest absolute Gasteiger partial charge is 0.396 e. The van der Waals surface area contributed by atoms with Gasteiger partial charge in [0.25, 0.3) is 0 Å². The van der Waals surface area contributed by atoms with E-state index in [0.29, 0.717) is 18.6 Å². The van der Waals surface area contributed by atoms with E-state index in [1.165, 1.54) is 0 Å². The van der Waals surface area contributed by atoms with Crippen molar-refractivity contribution in [2.75, 3.05) is 32.8 Å². The molecule has 1 amide bonds. The van der Waals surface area contributed by atoms with Gasteiger partial charge >= 0.3 is 0 Å². The van der Waals surface area contributed by atoms with Gasteiger partial charge in [0.1, 0.15) is 0 Å². The summed E-state index contributed by atoms with van der Waals surface area (Å²) in [5.74, 6) is 0.639. The van der Waals surface area contributed by atoms with E-state index < -0.39 is 0 Å². The molecule has 0 spiro atoms. The molecule has 4 heteroatoms. The van der Waals surface area contributed by atoms with Crippen molar-refractivity contribution >= 4 is 5.91 Å². The van der Waals surface area contributed by atoms with Crippen molar-refractivity contribution in [2.45, 2.75) is 19.4 Å². The number of nitrogens with zero attached hydrogens (tertiary/aromatic N) is 2. The summed E-state index contributed by atoms with van der Waals surface area (Å²) in [6, 6.07) is 0.551. The van der Waals surface area contributed by atoms with E-state index in [-0.39, 0.29) is 5.91 Å². The first-order valence-electron chi connectivity index (χ1n) is 5.31. The highest BCUT2D eigenvalue weighted by Gasteiger charge is 2.36. The number of amides is 1. The minimum Gasteiger partial charge on any atom is -0.396 e. The van der Waals surface area contributed by atoms with Crippen LogP contribution in [0.2, 0.25) is 0 Å². The van der Waals surface area contributed by atoms with Crippen LogP contribution in [0.4, 0.5) is 0 Å². The summed E-state index contributed by atoms with van der Waals surface area (Å²) >= 11 is 0. The molecule has 1 unspecified atom stereocenters. The van der Waals surface area contributed by atoms with Crippen molar-refractivity contribution < 1.29 is 9.90 Å². The quantitative estimate of drug-likeness (QED) is 0.652. The third-order valence-electron chi connectivity index (χ3n) is 3.40. The Morgan fingerprint density at radius 2 is 2.14 bits per heavy atom. The lowest BCUT2D eigenvalue weighted by atomic mass is 10.1. The van der Waals surface area contributed by atoms with Crippen molar-refractivity contribution in [3.05, 3.63) is 0 Å². The first kappa shape index (κ1) is 9.93. The molecule has 2 heterocycles. The molecule has 0 aliphatic carbocycles. The molecular weight excluding hydrogens is 180 g/mol. The van der Waals surface area contributed by atoms with E-state index in [4.69, 9.17) is 5.11 Å². The van der Waals surface area contributed by atoms with Gasteiger partial charge in [0, 0.05) is 39.2 Å². The fourth-order valence-corrected chi connectivity index (χ4v) is 2.29. The summed E-state index contributed by atoms with van der Waals surface area (Å²) in [6.07, 6.45) is 1.10. The molecule has 0 saturated carbocycles. The molecular formula is C10H18N2O2. The van der Waals surface area contributed by atoms with Gasteiger partial charge in [-0.05, 0) is 18.9 Å². The van der Waals surface area contributed by atoms with Crippen molar-refractivity contribution in [3.63, 3.8) is 0 Å². The Hall–Kier alpha value is -0.610. The fourth-order valence-electron chi connectivity index (χ4n) is 2.29. The maximum absolute atomic E-state index is 11.0. The first-order chi connectivity index (χ1) is 6.70. The summed E-state index contributed by atoms with van der Waals surface area (Å²) in [5, 5.41) is 9.01. The molecule has 0 aromatic rings. The topological polar surface area (TPSA) is 43.8 Å². The predicted octanol–water partition coefficient (Wildman–Crippen LogP) is -0.469.